The molecule has 0 saturated carbocycles. The van der Waals surface area contributed by atoms with E-state index < -0.39 is 0 Å². The predicted molar refractivity (Wildman–Crippen MR) is 78.5 cm³/mol. The number of amides is 2. The van der Waals surface area contributed by atoms with Gasteiger partial charge in [-0.15, -0.1) is 12.4 Å². The summed E-state index contributed by atoms with van der Waals surface area (Å²) >= 11 is 0. The first kappa shape index (κ1) is 17.4. The average molecular weight is 286 g/mol. The number of nitrogens with one attached hydrogen (secondary N) is 1. The molecular formula is C13H20ClN3O2. The van der Waals surface area contributed by atoms with Crippen molar-refractivity contribution >= 4 is 29.9 Å². The molecule has 5 nitrogen and oxygen atoms in total. The van der Waals surface area contributed by atoms with Crippen LogP contribution in [0.2, 0.25) is 0 Å². The Labute approximate surface area is 119 Å². The van der Waals surface area contributed by atoms with Gasteiger partial charge >= 0.3 is 0 Å². The minimum Gasteiger partial charge on any atom is -0.346 e. The summed E-state index contributed by atoms with van der Waals surface area (Å²) < 4.78 is 0. The van der Waals surface area contributed by atoms with Crippen LogP contribution in [-0.4, -0.2) is 31.4 Å². The SMILES string of the molecule is CCN(C(=O)CNC(=O)CN)c1cccc(C)c1.Cl. The van der Waals surface area contributed by atoms with Crippen molar-refractivity contribution < 1.29 is 9.59 Å². The van der Waals surface area contributed by atoms with Crippen molar-refractivity contribution in [3.8, 4) is 0 Å². The Hall–Kier alpha value is -1.59. The number of anilines is 1. The third-order valence-corrected chi connectivity index (χ3v) is 2.55. The van der Waals surface area contributed by atoms with E-state index in [-0.39, 0.29) is 37.3 Å². The lowest BCUT2D eigenvalue weighted by molar-refractivity contribution is -0.124. The van der Waals surface area contributed by atoms with E-state index in [4.69, 9.17) is 5.73 Å². The largest absolute Gasteiger partial charge is 0.346 e. The molecule has 1 rings (SSSR count). The molecule has 0 saturated heterocycles. The van der Waals surface area contributed by atoms with Crippen LogP contribution in [0, 0.1) is 6.92 Å². The number of nitrogens with two attached hydrogens (primary N) is 1. The Bertz CT molecular complexity index is 438. The number of carbonyl (C=O) groups is 2. The first-order valence-corrected chi connectivity index (χ1v) is 5.92. The van der Waals surface area contributed by atoms with Crippen LogP contribution >= 0.6 is 12.4 Å². The highest BCUT2D eigenvalue weighted by atomic mass is 35.5. The van der Waals surface area contributed by atoms with Crippen molar-refractivity contribution in [1.29, 1.82) is 0 Å². The lowest BCUT2D eigenvalue weighted by Gasteiger charge is -2.21. The molecule has 0 aliphatic rings. The molecular weight excluding hydrogens is 266 g/mol. The van der Waals surface area contributed by atoms with Gasteiger partial charge in [-0.2, -0.15) is 0 Å². The minimum atomic E-state index is -0.330. The summed E-state index contributed by atoms with van der Waals surface area (Å²) in [5, 5.41) is 2.48. The van der Waals surface area contributed by atoms with Crippen LogP contribution in [0.4, 0.5) is 5.69 Å². The number of likely N-dealkylation sites (N-methyl/N-ethyl adjacent to an activating group) is 1. The number of benzene rings is 1. The summed E-state index contributed by atoms with van der Waals surface area (Å²) in [7, 11) is 0. The number of carbonyl (C=O) groups excluding carboxylic acids is 2. The van der Waals surface area contributed by atoms with Gasteiger partial charge in [0.15, 0.2) is 0 Å². The van der Waals surface area contributed by atoms with Gasteiger partial charge in [0, 0.05) is 12.2 Å². The molecule has 0 fully saturated rings. The Morgan fingerprint density at radius 1 is 1.37 bits per heavy atom. The second-order valence-corrected chi connectivity index (χ2v) is 3.96. The molecule has 0 unspecified atom stereocenters. The molecule has 1 aromatic rings. The molecule has 6 heteroatoms. The normalized spacial score (nSPS) is 9.42. The molecule has 0 aromatic heterocycles. The summed E-state index contributed by atoms with van der Waals surface area (Å²) in [5.74, 6) is -0.478. The van der Waals surface area contributed by atoms with Gasteiger partial charge in [-0.05, 0) is 31.5 Å². The number of halogens is 1. The third kappa shape index (κ3) is 5.28. The zero-order valence-electron chi connectivity index (χ0n) is 11.2. The molecule has 0 aliphatic heterocycles. The van der Waals surface area contributed by atoms with Crippen molar-refractivity contribution in [3.63, 3.8) is 0 Å². The van der Waals surface area contributed by atoms with Gasteiger partial charge in [0.25, 0.3) is 0 Å². The lowest BCUT2D eigenvalue weighted by Crippen LogP contribution is -2.42. The van der Waals surface area contributed by atoms with Crippen LogP contribution < -0.4 is 16.0 Å². The Balaban J connectivity index is 0.00000324. The number of hydrogen-bond acceptors (Lipinski definition) is 3. The molecule has 0 atom stereocenters. The quantitative estimate of drug-likeness (QED) is 0.842. The summed E-state index contributed by atoms with van der Waals surface area (Å²) in [5.41, 5.74) is 7.09. The number of rotatable bonds is 5. The molecule has 106 valence electrons. The van der Waals surface area contributed by atoms with Gasteiger partial charge in [-0.3, -0.25) is 9.59 Å². The van der Waals surface area contributed by atoms with E-state index in [2.05, 4.69) is 5.32 Å². The molecule has 0 heterocycles. The summed E-state index contributed by atoms with van der Waals surface area (Å²) in [6.07, 6.45) is 0. The fourth-order valence-electron chi connectivity index (χ4n) is 1.64. The van der Waals surface area contributed by atoms with Gasteiger partial charge in [-0.25, -0.2) is 0 Å². The van der Waals surface area contributed by atoms with E-state index >= 15 is 0 Å². The first-order chi connectivity index (χ1) is 8.58. The molecule has 3 N–H and O–H groups in total. The highest BCUT2D eigenvalue weighted by Crippen LogP contribution is 2.15. The maximum atomic E-state index is 12.0. The molecule has 2 amide bonds. The van der Waals surface area contributed by atoms with Crippen molar-refractivity contribution in [2.75, 3.05) is 24.5 Å². The van der Waals surface area contributed by atoms with E-state index in [9.17, 15) is 9.59 Å². The van der Waals surface area contributed by atoms with Gasteiger partial charge in [-0.1, -0.05) is 12.1 Å². The van der Waals surface area contributed by atoms with Gasteiger partial charge in [0.2, 0.25) is 11.8 Å². The van der Waals surface area contributed by atoms with Gasteiger partial charge in [0.05, 0.1) is 13.1 Å². The Kier molecular flexibility index (Phi) is 7.79. The van der Waals surface area contributed by atoms with E-state index in [1.807, 2.05) is 38.1 Å². The van der Waals surface area contributed by atoms with Crippen LogP contribution in [0.15, 0.2) is 24.3 Å². The highest BCUT2D eigenvalue weighted by molar-refractivity contribution is 5.96. The van der Waals surface area contributed by atoms with E-state index in [0.29, 0.717) is 6.54 Å². The fraction of sp³-hybridized carbons (Fsp3) is 0.385. The molecule has 1 aromatic carbocycles. The Morgan fingerprint density at radius 2 is 2.05 bits per heavy atom. The monoisotopic (exact) mass is 285 g/mol. The number of aryl methyl sites for hydroxylation is 1. The first-order valence-electron chi connectivity index (χ1n) is 5.92. The van der Waals surface area contributed by atoms with E-state index in [0.717, 1.165) is 11.3 Å². The summed E-state index contributed by atoms with van der Waals surface area (Å²) in [6.45, 7) is 4.28. The summed E-state index contributed by atoms with van der Waals surface area (Å²) in [6, 6.07) is 7.68. The summed E-state index contributed by atoms with van der Waals surface area (Å²) in [4.78, 5) is 24.6. The Morgan fingerprint density at radius 3 is 2.58 bits per heavy atom. The zero-order valence-corrected chi connectivity index (χ0v) is 12.0. The smallest absolute Gasteiger partial charge is 0.246 e. The molecule has 0 radical (unpaired) electrons. The standard InChI is InChI=1S/C13H19N3O2.ClH/c1-3-16(11-6-4-5-10(2)7-11)13(18)9-15-12(17)8-14;/h4-7H,3,8-9,14H2,1-2H3,(H,15,17);1H. The number of hydrogen-bond donors (Lipinski definition) is 2. The van der Waals surface area contributed by atoms with Crippen molar-refractivity contribution in [1.82, 2.24) is 5.32 Å². The topological polar surface area (TPSA) is 75.4 Å². The van der Waals surface area contributed by atoms with Crippen LogP contribution in [0.1, 0.15) is 12.5 Å². The average Bonchev–Trinajstić information content (AvgIpc) is 2.37. The maximum absolute atomic E-state index is 12.0. The van der Waals surface area contributed by atoms with E-state index in [1.54, 1.807) is 4.90 Å². The molecule has 19 heavy (non-hydrogen) atoms. The van der Waals surface area contributed by atoms with Crippen molar-refractivity contribution in [2.45, 2.75) is 13.8 Å². The third-order valence-electron chi connectivity index (χ3n) is 2.55. The van der Waals surface area contributed by atoms with Crippen LogP contribution in [0.3, 0.4) is 0 Å². The van der Waals surface area contributed by atoms with Crippen LogP contribution in [-0.2, 0) is 9.59 Å². The second-order valence-electron chi connectivity index (χ2n) is 3.96. The van der Waals surface area contributed by atoms with Gasteiger partial charge in [0.1, 0.15) is 0 Å². The van der Waals surface area contributed by atoms with Crippen molar-refractivity contribution in [3.05, 3.63) is 29.8 Å². The van der Waals surface area contributed by atoms with Crippen molar-refractivity contribution in [2.24, 2.45) is 5.73 Å². The van der Waals surface area contributed by atoms with E-state index in [1.165, 1.54) is 0 Å². The molecule has 0 aliphatic carbocycles. The second kappa shape index (κ2) is 8.50. The minimum absolute atomic E-state index is 0. The fourth-order valence-corrected chi connectivity index (χ4v) is 1.64. The zero-order chi connectivity index (χ0) is 13.5. The van der Waals surface area contributed by atoms with Gasteiger partial charge < -0.3 is 16.0 Å². The lowest BCUT2D eigenvalue weighted by atomic mass is 10.2. The predicted octanol–water partition coefficient (Wildman–Crippen LogP) is 0.845. The molecule has 0 spiro atoms. The van der Waals surface area contributed by atoms with Crippen LogP contribution in [0.25, 0.3) is 0 Å². The maximum Gasteiger partial charge on any atom is 0.246 e. The van der Waals surface area contributed by atoms with Crippen LogP contribution in [0.5, 0.6) is 0 Å². The molecule has 0 bridgehead atoms. The highest BCUT2D eigenvalue weighted by Gasteiger charge is 2.14. The number of nitrogens with zero attached hydrogens (tertiary/aromatic N) is 1.